The SMILES string of the molecule is CCc1ccc(CN(C)S(=O)(=O)c2ccccc2OC(F)(F)F)cc1. The first kappa shape index (κ1) is 19.3. The summed E-state index contributed by atoms with van der Waals surface area (Å²) in [5.41, 5.74) is 1.84. The molecule has 0 radical (unpaired) electrons. The van der Waals surface area contributed by atoms with Crippen molar-refractivity contribution in [1.29, 1.82) is 0 Å². The van der Waals surface area contributed by atoms with Gasteiger partial charge in [-0.15, -0.1) is 13.2 Å². The molecule has 2 aromatic rings. The van der Waals surface area contributed by atoms with Crippen molar-refractivity contribution in [3.8, 4) is 5.75 Å². The maximum atomic E-state index is 12.6. The van der Waals surface area contributed by atoms with Crippen LogP contribution in [-0.4, -0.2) is 26.1 Å². The summed E-state index contributed by atoms with van der Waals surface area (Å²) in [6.07, 6.45) is -4.11. The largest absolute Gasteiger partial charge is 0.573 e. The predicted octanol–water partition coefficient (Wildman–Crippen LogP) is 3.97. The lowest BCUT2D eigenvalue weighted by molar-refractivity contribution is -0.275. The summed E-state index contributed by atoms with van der Waals surface area (Å²) in [7, 11) is -2.83. The summed E-state index contributed by atoms with van der Waals surface area (Å²) in [5, 5.41) is 0. The van der Waals surface area contributed by atoms with Gasteiger partial charge in [-0.3, -0.25) is 0 Å². The molecule has 8 heteroatoms. The molecule has 0 saturated carbocycles. The molecule has 0 unspecified atom stereocenters. The zero-order chi connectivity index (χ0) is 18.7. The van der Waals surface area contributed by atoms with Gasteiger partial charge in [-0.1, -0.05) is 43.3 Å². The van der Waals surface area contributed by atoms with Crippen LogP contribution in [0.5, 0.6) is 5.75 Å². The van der Waals surface area contributed by atoms with Crippen LogP contribution in [0, 0.1) is 0 Å². The lowest BCUT2D eigenvalue weighted by Gasteiger charge is -2.20. The van der Waals surface area contributed by atoms with Gasteiger partial charge in [-0.2, -0.15) is 4.31 Å². The minimum absolute atomic E-state index is 0.0344. The Morgan fingerprint density at radius 3 is 2.12 bits per heavy atom. The summed E-state index contributed by atoms with van der Waals surface area (Å²) in [6, 6.07) is 12.1. The fourth-order valence-electron chi connectivity index (χ4n) is 2.26. The summed E-state index contributed by atoms with van der Waals surface area (Å²) in [6.45, 7) is 2.04. The van der Waals surface area contributed by atoms with E-state index in [-0.39, 0.29) is 6.54 Å². The number of hydrogen-bond donors (Lipinski definition) is 0. The molecule has 0 N–H and O–H groups in total. The molecule has 0 saturated heterocycles. The molecule has 0 bridgehead atoms. The standard InChI is InChI=1S/C17H18F3NO3S/c1-3-13-8-10-14(11-9-13)12-21(2)25(22,23)16-7-5-4-6-15(16)24-17(18,19)20/h4-11H,3,12H2,1-2H3. The van der Waals surface area contributed by atoms with Crippen molar-refractivity contribution in [3.05, 3.63) is 59.7 Å². The predicted molar refractivity (Wildman–Crippen MR) is 87.6 cm³/mol. The van der Waals surface area contributed by atoms with Crippen LogP contribution in [0.25, 0.3) is 0 Å². The van der Waals surface area contributed by atoms with Gasteiger partial charge in [0, 0.05) is 13.6 Å². The van der Waals surface area contributed by atoms with Gasteiger partial charge in [0.15, 0.2) is 0 Å². The Hall–Kier alpha value is -2.06. The molecule has 0 heterocycles. The highest BCUT2D eigenvalue weighted by Gasteiger charge is 2.34. The van der Waals surface area contributed by atoms with E-state index >= 15 is 0 Å². The average molecular weight is 373 g/mol. The molecule has 0 aromatic heterocycles. The van der Waals surface area contributed by atoms with Crippen molar-refractivity contribution in [3.63, 3.8) is 0 Å². The summed E-state index contributed by atoms with van der Waals surface area (Å²) >= 11 is 0. The molecule has 2 rings (SSSR count). The first-order valence-corrected chi connectivity index (χ1v) is 8.96. The van der Waals surface area contributed by atoms with Crippen LogP contribution in [-0.2, 0) is 23.0 Å². The number of para-hydroxylation sites is 1. The number of benzene rings is 2. The Kier molecular flexibility index (Phi) is 5.74. The highest BCUT2D eigenvalue weighted by molar-refractivity contribution is 7.89. The highest BCUT2D eigenvalue weighted by Crippen LogP contribution is 2.31. The second kappa shape index (κ2) is 7.45. The van der Waals surface area contributed by atoms with Crippen LogP contribution < -0.4 is 4.74 Å². The second-order valence-electron chi connectivity index (χ2n) is 5.43. The lowest BCUT2D eigenvalue weighted by Crippen LogP contribution is -2.28. The molecule has 4 nitrogen and oxygen atoms in total. The third kappa shape index (κ3) is 4.96. The van der Waals surface area contributed by atoms with E-state index in [1.807, 2.05) is 19.1 Å². The fourth-order valence-corrected chi connectivity index (χ4v) is 3.53. The first-order chi connectivity index (χ1) is 11.6. The Morgan fingerprint density at radius 2 is 1.56 bits per heavy atom. The van der Waals surface area contributed by atoms with E-state index in [9.17, 15) is 21.6 Å². The van der Waals surface area contributed by atoms with Gasteiger partial charge in [-0.25, -0.2) is 8.42 Å². The van der Waals surface area contributed by atoms with Crippen LogP contribution in [0.2, 0.25) is 0 Å². The zero-order valence-corrected chi connectivity index (χ0v) is 14.6. The number of alkyl halides is 3. The topological polar surface area (TPSA) is 46.6 Å². The van der Waals surface area contributed by atoms with Crippen molar-refractivity contribution in [1.82, 2.24) is 4.31 Å². The highest BCUT2D eigenvalue weighted by atomic mass is 32.2. The quantitative estimate of drug-likeness (QED) is 0.770. The van der Waals surface area contributed by atoms with Crippen molar-refractivity contribution in [2.75, 3.05) is 7.05 Å². The van der Waals surface area contributed by atoms with E-state index in [0.717, 1.165) is 34.0 Å². The van der Waals surface area contributed by atoms with Crippen LogP contribution in [0.1, 0.15) is 18.1 Å². The molecule has 25 heavy (non-hydrogen) atoms. The lowest BCUT2D eigenvalue weighted by atomic mass is 10.1. The monoisotopic (exact) mass is 373 g/mol. The van der Waals surface area contributed by atoms with E-state index in [1.54, 1.807) is 12.1 Å². The van der Waals surface area contributed by atoms with Crippen LogP contribution >= 0.6 is 0 Å². The molecule has 0 fully saturated rings. The van der Waals surface area contributed by atoms with Gasteiger partial charge in [0.25, 0.3) is 0 Å². The Morgan fingerprint density at radius 1 is 1.00 bits per heavy atom. The van der Waals surface area contributed by atoms with Crippen LogP contribution in [0.3, 0.4) is 0 Å². The van der Waals surface area contributed by atoms with E-state index in [4.69, 9.17) is 0 Å². The average Bonchev–Trinajstić information content (AvgIpc) is 2.54. The molecule has 0 aliphatic heterocycles. The number of rotatable bonds is 6. The Bertz CT molecular complexity index is 818. The summed E-state index contributed by atoms with van der Waals surface area (Å²) < 4.78 is 67.6. The normalized spacial score (nSPS) is 12.4. The molecule has 2 aromatic carbocycles. The summed E-state index contributed by atoms with van der Waals surface area (Å²) in [4.78, 5) is -0.528. The maximum absolute atomic E-state index is 12.6. The maximum Gasteiger partial charge on any atom is 0.573 e. The van der Waals surface area contributed by atoms with E-state index in [1.165, 1.54) is 19.2 Å². The molecule has 0 atom stereocenters. The molecule has 0 aliphatic rings. The number of halogens is 3. The molecular weight excluding hydrogens is 355 g/mol. The molecule has 0 spiro atoms. The Labute approximate surface area is 144 Å². The van der Waals surface area contributed by atoms with Crippen molar-refractivity contribution in [2.24, 2.45) is 0 Å². The van der Waals surface area contributed by atoms with Gasteiger partial charge < -0.3 is 4.74 Å². The zero-order valence-electron chi connectivity index (χ0n) is 13.7. The number of aryl methyl sites for hydroxylation is 1. The smallest absolute Gasteiger partial charge is 0.404 e. The van der Waals surface area contributed by atoms with Crippen LogP contribution in [0.4, 0.5) is 13.2 Å². The minimum atomic E-state index is -4.97. The second-order valence-corrected chi connectivity index (χ2v) is 7.44. The number of hydrogen-bond acceptors (Lipinski definition) is 3. The third-order valence-electron chi connectivity index (χ3n) is 3.60. The number of sulfonamides is 1. The van der Waals surface area contributed by atoms with Gasteiger partial charge in [0.2, 0.25) is 10.0 Å². The number of ether oxygens (including phenoxy) is 1. The first-order valence-electron chi connectivity index (χ1n) is 7.52. The number of nitrogens with zero attached hydrogens (tertiary/aromatic N) is 1. The van der Waals surface area contributed by atoms with Gasteiger partial charge >= 0.3 is 6.36 Å². The van der Waals surface area contributed by atoms with E-state index < -0.39 is 27.0 Å². The van der Waals surface area contributed by atoms with Gasteiger partial charge in [0.1, 0.15) is 10.6 Å². The van der Waals surface area contributed by atoms with Gasteiger partial charge in [-0.05, 0) is 29.7 Å². The van der Waals surface area contributed by atoms with Crippen molar-refractivity contribution < 1.29 is 26.3 Å². The Balaban J connectivity index is 2.28. The molecule has 0 amide bonds. The van der Waals surface area contributed by atoms with E-state index in [0.29, 0.717) is 0 Å². The fraction of sp³-hybridized carbons (Fsp3) is 0.294. The van der Waals surface area contributed by atoms with Gasteiger partial charge in [0.05, 0.1) is 0 Å². The molecule has 0 aliphatic carbocycles. The summed E-state index contributed by atoms with van der Waals surface area (Å²) in [5.74, 6) is -0.747. The van der Waals surface area contributed by atoms with Crippen molar-refractivity contribution in [2.45, 2.75) is 31.1 Å². The molecular formula is C17H18F3NO3S. The third-order valence-corrected chi connectivity index (χ3v) is 5.44. The minimum Gasteiger partial charge on any atom is -0.404 e. The van der Waals surface area contributed by atoms with E-state index in [2.05, 4.69) is 4.74 Å². The molecule has 136 valence electrons. The van der Waals surface area contributed by atoms with Crippen LogP contribution in [0.15, 0.2) is 53.4 Å². The van der Waals surface area contributed by atoms with Crippen molar-refractivity contribution >= 4 is 10.0 Å².